The van der Waals surface area contributed by atoms with Gasteiger partial charge in [0.25, 0.3) is 0 Å². The van der Waals surface area contributed by atoms with E-state index in [0.29, 0.717) is 0 Å². The molecule has 3 heteroatoms. The van der Waals surface area contributed by atoms with Crippen LogP contribution in [0.4, 0.5) is 0 Å². The predicted octanol–water partition coefficient (Wildman–Crippen LogP) is 2.65. The molecule has 1 rings (SSSR count). The molecule has 0 amide bonds. The van der Waals surface area contributed by atoms with Crippen LogP contribution < -0.4 is 0 Å². The van der Waals surface area contributed by atoms with Crippen molar-refractivity contribution in [1.82, 2.24) is 0 Å². The summed E-state index contributed by atoms with van der Waals surface area (Å²) in [4.78, 5) is 10.9. The Balaban J connectivity index is 2.72. The van der Waals surface area contributed by atoms with E-state index in [2.05, 4.69) is 0 Å². The molecule has 0 radical (unpaired) electrons. The summed E-state index contributed by atoms with van der Waals surface area (Å²) in [5, 5.41) is 0. The summed E-state index contributed by atoms with van der Waals surface area (Å²) < 4.78 is 5.22. The molecule has 1 aromatic carbocycles. The van der Waals surface area contributed by atoms with Crippen LogP contribution >= 0.6 is 11.8 Å². The third kappa shape index (κ3) is 3.42. The van der Waals surface area contributed by atoms with Crippen molar-refractivity contribution in [2.24, 2.45) is 0 Å². The lowest BCUT2D eigenvalue weighted by molar-refractivity contribution is -0.145. The number of ether oxygens (including phenoxy) is 1. The summed E-state index contributed by atoms with van der Waals surface area (Å²) >= 11 is 1.67. The lowest BCUT2D eigenvalue weighted by atomic mass is 10.1. The number of hydrogen-bond acceptors (Lipinski definition) is 3. The number of carbonyl (C=O) groups is 1. The van der Waals surface area contributed by atoms with Crippen LogP contribution in [-0.4, -0.2) is 18.0 Å². The van der Waals surface area contributed by atoms with E-state index in [-0.39, 0.29) is 12.1 Å². The van der Waals surface area contributed by atoms with Crippen LogP contribution in [0.2, 0.25) is 0 Å². The molecule has 1 unspecified atom stereocenters. The van der Waals surface area contributed by atoms with Gasteiger partial charge in [0.05, 0.1) is 0 Å². The number of esters is 1. The first-order valence-corrected chi connectivity index (χ1v) is 5.84. The average Bonchev–Trinajstić information content (AvgIpc) is 2.18. The zero-order chi connectivity index (χ0) is 10.4. The summed E-state index contributed by atoms with van der Waals surface area (Å²) in [5.74, 6) is 0.566. The monoisotopic (exact) mass is 210 g/mol. The number of benzene rings is 1. The number of hydrogen-bond donors (Lipinski definition) is 0. The highest BCUT2D eigenvalue weighted by Crippen LogP contribution is 2.20. The molecule has 0 aliphatic carbocycles. The second-order valence-electron chi connectivity index (χ2n) is 2.96. The van der Waals surface area contributed by atoms with Crippen molar-refractivity contribution in [1.29, 1.82) is 0 Å². The molecule has 0 N–H and O–H groups in total. The standard InChI is InChI=1S/C11H14O2S/c1-9(12)13-11(8-14-2)10-6-4-3-5-7-10/h3-7,11H,8H2,1-2H3. The van der Waals surface area contributed by atoms with Crippen molar-refractivity contribution >= 4 is 17.7 Å². The lowest BCUT2D eigenvalue weighted by Crippen LogP contribution is -2.10. The van der Waals surface area contributed by atoms with Gasteiger partial charge in [-0.2, -0.15) is 11.8 Å². The van der Waals surface area contributed by atoms with Crippen LogP contribution in [0, 0.1) is 0 Å². The first-order valence-electron chi connectivity index (χ1n) is 4.45. The van der Waals surface area contributed by atoms with E-state index in [1.807, 2.05) is 36.6 Å². The summed E-state index contributed by atoms with van der Waals surface area (Å²) in [6.45, 7) is 1.44. The summed E-state index contributed by atoms with van der Waals surface area (Å²) in [5.41, 5.74) is 1.05. The molecule has 0 saturated heterocycles. The second-order valence-corrected chi connectivity index (χ2v) is 3.87. The Labute approximate surface area is 88.7 Å². The van der Waals surface area contributed by atoms with Crippen molar-refractivity contribution in [2.75, 3.05) is 12.0 Å². The van der Waals surface area contributed by atoms with E-state index in [1.165, 1.54) is 6.92 Å². The van der Waals surface area contributed by atoms with Gasteiger partial charge in [0.15, 0.2) is 0 Å². The molecular weight excluding hydrogens is 196 g/mol. The number of carbonyl (C=O) groups excluding carboxylic acids is 1. The Morgan fingerprint density at radius 1 is 1.43 bits per heavy atom. The molecule has 0 saturated carbocycles. The van der Waals surface area contributed by atoms with Gasteiger partial charge in [0, 0.05) is 12.7 Å². The van der Waals surface area contributed by atoms with Crippen LogP contribution in [0.5, 0.6) is 0 Å². The quantitative estimate of drug-likeness (QED) is 0.715. The summed E-state index contributed by atoms with van der Waals surface area (Å²) in [6.07, 6.45) is 1.88. The zero-order valence-corrected chi connectivity index (χ0v) is 9.21. The van der Waals surface area contributed by atoms with Gasteiger partial charge in [0.2, 0.25) is 0 Å². The van der Waals surface area contributed by atoms with E-state index in [4.69, 9.17) is 4.74 Å². The molecule has 0 heterocycles. The van der Waals surface area contributed by atoms with Crippen LogP contribution in [0.3, 0.4) is 0 Å². The third-order valence-electron chi connectivity index (χ3n) is 1.80. The summed E-state index contributed by atoms with van der Waals surface area (Å²) in [6, 6.07) is 9.80. The van der Waals surface area contributed by atoms with Crippen molar-refractivity contribution in [3.63, 3.8) is 0 Å². The van der Waals surface area contributed by atoms with E-state index in [0.717, 1.165) is 11.3 Å². The van der Waals surface area contributed by atoms with Gasteiger partial charge in [-0.25, -0.2) is 0 Å². The Kier molecular flexibility index (Phi) is 4.53. The molecule has 0 aliphatic rings. The maximum Gasteiger partial charge on any atom is 0.303 e. The molecule has 0 aliphatic heterocycles. The van der Waals surface area contributed by atoms with Crippen molar-refractivity contribution in [3.8, 4) is 0 Å². The van der Waals surface area contributed by atoms with Gasteiger partial charge >= 0.3 is 5.97 Å². The van der Waals surface area contributed by atoms with Crippen LogP contribution in [0.1, 0.15) is 18.6 Å². The van der Waals surface area contributed by atoms with Gasteiger partial charge in [-0.15, -0.1) is 0 Å². The molecule has 0 aromatic heterocycles. The van der Waals surface area contributed by atoms with Crippen LogP contribution in [-0.2, 0) is 9.53 Å². The highest BCUT2D eigenvalue weighted by Gasteiger charge is 2.12. The first-order chi connectivity index (χ1) is 6.74. The van der Waals surface area contributed by atoms with Gasteiger partial charge in [0.1, 0.15) is 6.10 Å². The minimum Gasteiger partial charge on any atom is -0.457 e. The molecule has 14 heavy (non-hydrogen) atoms. The highest BCUT2D eigenvalue weighted by atomic mass is 32.2. The maximum absolute atomic E-state index is 10.9. The molecule has 0 bridgehead atoms. The Hall–Kier alpha value is -0.960. The molecule has 1 atom stereocenters. The molecule has 76 valence electrons. The van der Waals surface area contributed by atoms with Crippen LogP contribution in [0.25, 0.3) is 0 Å². The molecular formula is C11H14O2S. The maximum atomic E-state index is 10.9. The minimum atomic E-state index is -0.229. The van der Waals surface area contributed by atoms with E-state index < -0.39 is 0 Å². The topological polar surface area (TPSA) is 26.3 Å². The Bertz CT molecular complexity index is 285. The van der Waals surface area contributed by atoms with Crippen LogP contribution in [0.15, 0.2) is 30.3 Å². The SMILES string of the molecule is CSCC(OC(C)=O)c1ccccc1. The third-order valence-corrected chi connectivity index (χ3v) is 2.43. The Morgan fingerprint density at radius 3 is 2.57 bits per heavy atom. The Morgan fingerprint density at radius 2 is 2.07 bits per heavy atom. The smallest absolute Gasteiger partial charge is 0.303 e. The lowest BCUT2D eigenvalue weighted by Gasteiger charge is -2.15. The normalized spacial score (nSPS) is 12.1. The predicted molar refractivity (Wildman–Crippen MR) is 59.3 cm³/mol. The number of thioether (sulfide) groups is 1. The second kappa shape index (κ2) is 5.70. The average molecular weight is 210 g/mol. The van der Waals surface area contributed by atoms with Gasteiger partial charge in [-0.1, -0.05) is 30.3 Å². The molecule has 0 fully saturated rings. The largest absolute Gasteiger partial charge is 0.457 e. The number of rotatable bonds is 4. The van der Waals surface area contributed by atoms with E-state index in [9.17, 15) is 4.79 Å². The fourth-order valence-corrected chi connectivity index (χ4v) is 1.78. The van der Waals surface area contributed by atoms with Gasteiger partial charge in [-0.3, -0.25) is 4.79 Å². The summed E-state index contributed by atoms with van der Waals surface area (Å²) in [7, 11) is 0. The molecule has 0 spiro atoms. The zero-order valence-electron chi connectivity index (χ0n) is 8.40. The van der Waals surface area contributed by atoms with E-state index >= 15 is 0 Å². The fourth-order valence-electron chi connectivity index (χ4n) is 1.22. The van der Waals surface area contributed by atoms with Gasteiger partial charge < -0.3 is 4.74 Å². The first kappa shape index (κ1) is 11.1. The van der Waals surface area contributed by atoms with Crippen molar-refractivity contribution in [2.45, 2.75) is 13.0 Å². The van der Waals surface area contributed by atoms with Gasteiger partial charge in [-0.05, 0) is 11.8 Å². The molecule has 2 nitrogen and oxygen atoms in total. The highest BCUT2D eigenvalue weighted by molar-refractivity contribution is 7.98. The fraction of sp³-hybridized carbons (Fsp3) is 0.364. The van der Waals surface area contributed by atoms with E-state index in [1.54, 1.807) is 11.8 Å². The van der Waals surface area contributed by atoms with Crippen molar-refractivity contribution in [3.05, 3.63) is 35.9 Å². The minimum absolute atomic E-state index is 0.122. The molecule has 1 aromatic rings. The van der Waals surface area contributed by atoms with Crippen molar-refractivity contribution < 1.29 is 9.53 Å².